The third kappa shape index (κ3) is 5.03. The largest absolute Gasteiger partial charge is 0.480 e. The number of aliphatic hydroxyl groups excluding tert-OH is 1. The van der Waals surface area contributed by atoms with E-state index in [-0.39, 0.29) is 37.6 Å². The van der Waals surface area contributed by atoms with Crippen LogP contribution >= 0.6 is 0 Å². The number of nitrogens with zero attached hydrogens (tertiary/aromatic N) is 1. The lowest BCUT2D eigenvalue weighted by molar-refractivity contribution is -0.139. The van der Waals surface area contributed by atoms with Gasteiger partial charge in [0.2, 0.25) is 0 Å². The van der Waals surface area contributed by atoms with Gasteiger partial charge in [-0.1, -0.05) is 0 Å². The van der Waals surface area contributed by atoms with Gasteiger partial charge in [0, 0.05) is 26.1 Å². The molecule has 1 saturated heterocycles. The molecule has 1 aliphatic rings. The van der Waals surface area contributed by atoms with Crippen LogP contribution in [0, 0.1) is 0 Å². The minimum absolute atomic E-state index is 0.0375. The summed E-state index contributed by atoms with van der Waals surface area (Å²) >= 11 is 0. The molecule has 1 fully saturated rings. The average molecular weight is 294 g/mol. The molecule has 8 nitrogen and oxygen atoms in total. The van der Waals surface area contributed by atoms with Crippen molar-refractivity contribution < 1.29 is 28.2 Å². The second kappa shape index (κ2) is 6.71. The van der Waals surface area contributed by atoms with Crippen LogP contribution in [0.5, 0.6) is 0 Å². The molecule has 2 amide bonds. The number of urea groups is 1. The topological polar surface area (TPSA) is 124 Å². The van der Waals surface area contributed by atoms with Crippen LogP contribution in [0.3, 0.4) is 0 Å². The minimum Gasteiger partial charge on any atom is -0.480 e. The van der Waals surface area contributed by atoms with Crippen LogP contribution in [-0.2, 0) is 14.6 Å². The molecule has 9 heteroatoms. The summed E-state index contributed by atoms with van der Waals surface area (Å²) in [6.07, 6.45) is 0.251. The molecule has 1 rings (SSSR count). The fourth-order valence-corrected chi connectivity index (χ4v) is 3.04. The van der Waals surface area contributed by atoms with Gasteiger partial charge in [-0.15, -0.1) is 0 Å². The highest BCUT2D eigenvalue weighted by Gasteiger charge is 2.26. The molecule has 0 aromatic heterocycles. The molecule has 19 heavy (non-hydrogen) atoms. The fraction of sp³-hybridized carbons (Fsp3) is 0.800. The van der Waals surface area contributed by atoms with Crippen molar-refractivity contribution in [2.24, 2.45) is 0 Å². The Morgan fingerprint density at radius 1 is 1.26 bits per heavy atom. The quantitative estimate of drug-likeness (QED) is 0.589. The van der Waals surface area contributed by atoms with E-state index in [1.54, 1.807) is 0 Å². The van der Waals surface area contributed by atoms with Crippen molar-refractivity contribution in [1.29, 1.82) is 0 Å². The first-order valence-electron chi connectivity index (χ1n) is 5.95. The normalized spacial score (nSPS) is 20.4. The zero-order valence-corrected chi connectivity index (χ0v) is 11.2. The fourth-order valence-electron chi connectivity index (χ4n) is 1.77. The number of carbonyl (C=O) groups excluding carboxylic acids is 1. The van der Waals surface area contributed by atoms with Gasteiger partial charge in [0.05, 0.1) is 11.5 Å². The lowest BCUT2D eigenvalue weighted by Gasteiger charge is -2.22. The van der Waals surface area contributed by atoms with Gasteiger partial charge < -0.3 is 20.4 Å². The number of aliphatic carboxylic acids is 1. The molecule has 0 aromatic rings. The summed E-state index contributed by atoms with van der Waals surface area (Å²) in [5.41, 5.74) is 0. The number of carboxylic acids is 1. The SMILES string of the molecule is O=C(O)[C@H](CCO)NC(=O)N1CCCS(=O)(=O)CC1. The Kier molecular flexibility index (Phi) is 5.55. The van der Waals surface area contributed by atoms with Crippen LogP contribution in [0.4, 0.5) is 4.79 Å². The molecule has 0 spiro atoms. The van der Waals surface area contributed by atoms with Crippen molar-refractivity contribution in [3.8, 4) is 0 Å². The number of carboxylic acid groups (broad SMARTS) is 1. The van der Waals surface area contributed by atoms with E-state index in [2.05, 4.69) is 5.32 Å². The molecule has 1 atom stereocenters. The lowest BCUT2D eigenvalue weighted by Crippen LogP contribution is -2.49. The number of carbonyl (C=O) groups is 2. The van der Waals surface area contributed by atoms with Crippen LogP contribution in [0.15, 0.2) is 0 Å². The molecule has 0 radical (unpaired) electrons. The first-order chi connectivity index (χ1) is 8.85. The first-order valence-corrected chi connectivity index (χ1v) is 7.77. The van der Waals surface area contributed by atoms with Gasteiger partial charge in [-0.3, -0.25) is 0 Å². The predicted molar refractivity (Wildman–Crippen MR) is 66.5 cm³/mol. The molecule has 3 N–H and O–H groups in total. The molecule has 1 aliphatic heterocycles. The maximum absolute atomic E-state index is 11.8. The van der Waals surface area contributed by atoms with Crippen molar-refractivity contribution in [2.75, 3.05) is 31.2 Å². The molecule has 1 heterocycles. The van der Waals surface area contributed by atoms with Crippen LogP contribution in [0.25, 0.3) is 0 Å². The Bertz CT molecular complexity index is 435. The number of hydrogen-bond acceptors (Lipinski definition) is 5. The van der Waals surface area contributed by atoms with E-state index < -0.39 is 27.9 Å². The second-order valence-electron chi connectivity index (χ2n) is 4.35. The van der Waals surface area contributed by atoms with Gasteiger partial charge in [-0.05, 0) is 6.42 Å². The standard InChI is InChI=1S/C10H18N2O6S/c13-5-2-8(9(14)15)11-10(16)12-3-1-6-19(17,18)7-4-12/h8,13H,1-7H2,(H,11,16)(H,14,15)/t8-/m0/s1. The molecular weight excluding hydrogens is 276 g/mol. The molecule has 0 bridgehead atoms. The summed E-state index contributed by atoms with van der Waals surface area (Å²) in [5.74, 6) is -1.31. The van der Waals surface area contributed by atoms with E-state index in [1.165, 1.54) is 4.90 Å². The Morgan fingerprint density at radius 3 is 2.53 bits per heavy atom. The van der Waals surface area contributed by atoms with E-state index in [0.717, 1.165) is 0 Å². The highest BCUT2D eigenvalue weighted by molar-refractivity contribution is 7.91. The summed E-state index contributed by atoms with van der Waals surface area (Å²) in [4.78, 5) is 24.0. The molecule has 0 unspecified atom stereocenters. The lowest BCUT2D eigenvalue weighted by atomic mass is 10.2. The van der Waals surface area contributed by atoms with E-state index in [1.807, 2.05) is 0 Å². The van der Waals surface area contributed by atoms with Crippen LogP contribution in [-0.4, -0.2) is 72.8 Å². The van der Waals surface area contributed by atoms with Gasteiger partial charge >= 0.3 is 12.0 Å². The van der Waals surface area contributed by atoms with Gasteiger partial charge in [-0.25, -0.2) is 18.0 Å². The number of amides is 2. The van der Waals surface area contributed by atoms with Crippen molar-refractivity contribution in [3.63, 3.8) is 0 Å². The molecule has 0 aliphatic carbocycles. The Hall–Kier alpha value is -1.35. The predicted octanol–water partition coefficient (Wildman–Crippen LogP) is -1.35. The summed E-state index contributed by atoms with van der Waals surface area (Å²) in [6, 6.07) is -1.78. The maximum atomic E-state index is 11.8. The monoisotopic (exact) mass is 294 g/mol. The molecule has 0 saturated carbocycles. The number of sulfone groups is 1. The first kappa shape index (κ1) is 15.7. The Balaban J connectivity index is 2.59. The van der Waals surface area contributed by atoms with Gasteiger partial charge in [0.15, 0.2) is 9.84 Å². The highest BCUT2D eigenvalue weighted by Crippen LogP contribution is 2.06. The third-order valence-corrected chi connectivity index (χ3v) is 4.57. The van der Waals surface area contributed by atoms with E-state index in [0.29, 0.717) is 6.42 Å². The van der Waals surface area contributed by atoms with Crippen molar-refractivity contribution in [2.45, 2.75) is 18.9 Å². The van der Waals surface area contributed by atoms with Crippen molar-refractivity contribution in [3.05, 3.63) is 0 Å². The smallest absolute Gasteiger partial charge is 0.326 e. The van der Waals surface area contributed by atoms with Crippen LogP contribution in [0.1, 0.15) is 12.8 Å². The zero-order chi connectivity index (χ0) is 14.5. The van der Waals surface area contributed by atoms with E-state index >= 15 is 0 Å². The number of aliphatic hydroxyl groups is 1. The summed E-state index contributed by atoms with van der Waals surface area (Å²) in [7, 11) is -3.12. The summed E-state index contributed by atoms with van der Waals surface area (Å²) < 4.78 is 22.8. The number of rotatable bonds is 4. The van der Waals surface area contributed by atoms with Crippen molar-refractivity contribution >= 4 is 21.8 Å². The van der Waals surface area contributed by atoms with Crippen molar-refractivity contribution in [1.82, 2.24) is 10.2 Å². The maximum Gasteiger partial charge on any atom is 0.326 e. The Morgan fingerprint density at radius 2 is 1.95 bits per heavy atom. The van der Waals surface area contributed by atoms with Crippen LogP contribution in [0.2, 0.25) is 0 Å². The van der Waals surface area contributed by atoms with Gasteiger partial charge in [0.25, 0.3) is 0 Å². The molecule has 110 valence electrons. The Labute approximate surface area is 111 Å². The van der Waals surface area contributed by atoms with Gasteiger partial charge in [-0.2, -0.15) is 0 Å². The van der Waals surface area contributed by atoms with Gasteiger partial charge in [0.1, 0.15) is 6.04 Å². The summed E-state index contributed by atoms with van der Waals surface area (Å²) in [6.45, 7) is -0.0260. The summed E-state index contributed by atoms with van der Waals surface area (Å²) in [5, 5.41) is 19.8. The molecular formula is C10H18N2O6S. The third-order valence-electron chi connectivity index (χ3n) is 2.86. The highest BCUT2D eigenvalue weighted by atomic mass is 32.2. The average Bonchev–Trinajstić information content (AvgIpc) is 2.49. The van der Waals surface area contributed by atoms with Crippen LogP contribution < -0.4 is 5.32 Å². The number of hydrogen-bond donors (Lipinski definition) is 3. The van der Waals surface area contributed by atoms with E-state index in [9.17, 15) is 18.0 Å². The minimum atomic E-state index is -3.12. The zero-order valence-electron chi connectivity index (χ0n) is 10.4. The van der Waals surface area contributed by atoms with E-state index in [4.69, 9.17) is 10.2 Å². The molecule has 0 aromatic carbocycles. The second-order valence-corrected chi connectivity index (χ2v) is 6.65. The number of nitrogens with one attached hydrogen (secondary N) is 1.